The molecule has 0 saturated heterocycles. The lowest BCUT2D eigenvalue weighted by Gasteiger charge is -2.34. The Balaban J connectivity index is 1.30. The molecule has 1 fully saturated rings. The van der Waals surface area contributed by atoms with Crippen LogP contribution in [-0.2, 0) is 11.3 Å². The quantitative estimate of drug-likeness (QED) is 0.244. The molecular formula is C30H27F3N6O2. The molecule has 1 saturated carbocycles. The summed E-state index contributed by atoms with van der Waals surface area (Å²) in [6.45, 7) is 6.43. The molecule has 4 heterocycles. The summed E-state index contributed by atoms with van der Waals surface area (Å²) in [6.07, 6.45) is 6.87. The van der Waals surface area contributed by atoms with Crippen LogP contribution in [0.25, 0.3) is 38.9 Å². The largest absolute Gasteiger partial charge is 0.453 e. The van der Waals surface area contributed by atoms with Crippen LogP contribution >= 0.6 is 0 Å². The third-order valence-corrected chi connectivity index (χ3v) is 7.56. The van der Waals surface area contributed by atoms with Crippen LogP contribution in [0.15, 0.2) is 48.9 Å². The summed E-state index contributed by atoms with van der Waals surface area (Å²) in [5.41, 5.74) is 4.27. The second-order valence-electron chi connectivity index (χ2n) is 11.4. The molecule has 5 aromatic rings. The van der Waals surface area contributed by atoms with Crippen LogP contribution in [0.3, 0.4) is 0 Å². The molecule has 11 heteroatoms. The highest BCUT2D eigenvalue weighted by Gasteiger charge is 2.45. The van der Waals surface area contributed by atoms with Gasteiger partial charge >= 0.3 is 0 Å². The first-order chi connectivity index (χ1) is 19.5. The standard InChI is InChI=1S/C30H27F3N6O2/c1-16-36-21-5-7-24(26(31)28(21)37-16)41-23-6-4-20-27(25(23)18-10-29(2,3)40-15-18)38-22(12-34-20)19-11-35-39(14-19)13-17-8-30(32,33)9-17/h4-7,10-12,14,17H,8-9,13,15H2,1-3H3,(H,36,37). The summed E-state index contributed by atoms with van der Waals surface area (Å²) in [5.74, 6) is -2.19. The molecule has 2 aromatic carbocycles. The van der Waals surface area contributed by atoms with Gasteiger partial charge in [-0.15, -0.1) is 0 Å². The number of aromatic amines is 1. The van der Waals surface area contributed by atoms with Crippen LogP contribution in [0.5, 0.6) is 11.5 Å². The Labute approximate surface area is 233 Å². The number of nitrogens with one attached hydrogen (secondary N) is 1. The first-order valence-corrected chi connectivity index (χ1v) is 13.4. The Hall–Kier alpha value is -4.25. The molecule has 0 amide bonds. The van der Waals surface area contributed by atoms with Gasteiger partial charge in [-0.2, -0.15) is 5.10 Å². The van der Waals surface area contributed by atoms with E-state index in [-0.39, 0.29) is 30.0 Å². The highest BCUT2D eigenvalue weighted by Crippen LogP contribution is 2.43. The van der Waals surface area contributed by atoms with Crippen molar-refractivity contribution in [3.05, 3.63) is 66.1 Å². The Bertz CT molecular complexity index is 1850. The number of alkyl halides is 2. The van der Waals surface area contributed by atoms with Gasteiger partial charge in [-0.25, -0.2) is 23.1 Å². The lowest BCUT2D eigenvalue weighted by atomic mass is 9.81. The van der Waals surface area contributed by atoms with Gasteiger partial charge in [-0.3, -0.25) is 9.67 Å². The minimum Gasteiger partial charge on any atom is -0.453 e. The average Bonchev–Trinajstić information content (AvgIpc) is 3.62. The van der Waals surface area contributed by atoms with E-state index < -0.39 is 17.3 Å². The second kappa shape index (κ2) is 9.13. The number of ether oxygens (including phenoxy) is 2. The van der Waals surface area contributed by atoms with Crippen LogP contribution in [0.4, 0.5) is 13.2 Å². The molecule has 0 bridgehead atoms. The maximum Gasteiger partial charge on any atom is 0.248 e. The summed E-state index contributed by atoms with van der Waals surface area (Å²) < 4.78 is 55.9. The number of hydrogen-bond acceptors (Lipinski definition) is 6. The topological polar surface area (TPSA) is 90.7 Å². The van der Waals surface area contributed by atoms with Gasteiger partial charge in [-0.1, -0.05) is 0 Å². The number of rotatable bonds is 6. The Morgan fingerprint density at radius 3 is 2.63 bits per heavy atom. The van der Waals surface area contributed by atoms with Gasteiger partial charge in [0.1, 0.15) is 22.6 Å². The van der Waals surface area contributed by atoms with E-state index in [1.165, 1.54) is 0 Å². The van der Waals surface area contributed by atoms with Crippen molar-refractivity contribution in [1.29, 1.82) is 0 Å². The molecule has 7 rings (SSSR count). The van der Waals surface area contributed by atoms with Crippen molar-refractivity contribution in [2.75, 3.05) is 6.61 Å². The second-order valence-corrected chi connectivity index (χ2v) is 11.4. The fraction of sp³-hybridized carbons (Fsp3) is 0.333. The Kier molecular flexibility index (Phi) is 5.73. The average molecular weight is 561 g/mol. The van der Waals surface area contributed by atoms with E-state index in [0.29, 0.717) is 58.1 Å². The van der Waals surface area contributed by atoms with Crippen molar-refractivity contribution in [3.63, 3.8) is 0 Å². The number of imidazole rings is 1. The smallest absolute Gasteiger partial charge is 0.248 e. The molecule has 0 spiro atoms. The Morgan fingerprint density at radius 2 is 1.88 bits per heavy atom. The fourth-order valence-corrected chi connectivity index (χ4v) is 5.62. The molecule has 2 aliphatic rings. The molecular weight excluding hydrogens is 533 g/mol. The fourth-order valence-electron chi connectivity index (χ4n) is 5.62. The first kappa shape index (κ1) is 25.7. The number of fused-ring (bicyclic) bond motifs is 2. The predicted octanol–water partition coefficient (Wildman–Crippen LogP) is 6.85. The SMILES string of the molecule is Cc1nc2c(F)c(Oc3ccc4ncc(-c5cnn(CC6CC(F)(F)C6)c5)nc4c3C3=CC(C)(C)OC3)ccc2[nH]1. The van der Waals surface area contributed by atoms with E-state index in [4.69, 9.17) is 14.5 Å². The molecule has 210 valence electrons. The van der Waals surface area contributed by atoms with Gasteiger partial charge in [0, 0.05) is 31.1 Å². The van der Waals surface area contributed by atoms with Crippen molar-refractivity contribution in [1.82, 2.24) is 29.7 Å². The number of benzene rings is 2. The number of nitrogens with zero attached hydrogens (tertiary/aromatic N) is 5. The molecule has 0 atom stereocenters. The third kappa shape index (κ3) is 4.73. The summed E-state index contributed by atoms with van der Waals surface area (Å²) in [5, 5.41) is 4.37. The van der Waals surface area contributed by atoms with Gasteiger partial charge in [-0.05, 0) is 62.6 Å². The van der Waals surface area contributed by atoms with E-state index in [1.807, 2.05) is 19.9 Å². The van der Waals surface area contributed by atoms with Crippen LogP contribution in [0.2, 0.25) is 0 Å². The molecule has 41 heavy (non-hydrogen) atoms. The van der Waals surface area contributed by atoms with Crippen LogP contribution in [0.1, 0.15) is 38.1 Å². The summed E-state index contributed by atoms with van der Waals surface area (Å²) in [6, 6.07) is 6.84. The van der Waals surface area contributed by atoms with Crippen LogP contribution in [-0.4, -0.2) is 47.8 Å². The minimum absolute atomic E-state index is 0.0373. The molecule has 8 nitrogen and oxygen atoms in total. The monoisotopic (exact) mass is 560 g/mol. The van der Waals surface area contributed by atoms with Crippen molar-refractivity contribution < 1.29 is 22.6 Å². The number of aromatic nitrogens is 6. The van der Waals surface area contributed by atoms with E-state index in [1.54, 1.807) is 54.5 Å². The lowest BCUT2D eigenvalue weighted by Crippen LogP contribution is -2.37. The zero-order chi connectivity index (χ0) is 28.5. The van der Waals surface area contributed by atoms with Crippen molar-refractivity contribution >= 4 is 27.6 Å². The Morgan fingerprint density at radius 1 is 1.07 bits per heavy atom. The van der Waals surface area contributed by atoms with Crippen molar-refractivity contribution in [2.45, 2.75) is 51.7 Å². The maximum absolute atomic E-state index is 15.4. The van der Waals surface area contributed by atoms with Gasteiger partial charge in [0.25, 0.3) is 0 Å². The molecule has 0 radical (unpaired) electrons. The third-order valence-electron chi connectivity index (χ3n) is 7.56. The van der Waals surface area contributed by atoms with Crippen molar-refractivity contribution in [3.8, 4) is 22.8 Å². The molecule has 3 aromatic heterocycles. The van der Waals surface area contributed by atoms with E-state index in [2.05, 4.69) is 20.1 Å². The van der Waals surface area contributed by atoms with Gasteiger partial charge < -0.3 is 14.5 Å². The van der Waals surface area contributed by atoms with Crippen LogP contribution < -0.4 is 4.74 Å². The van der Waals surface area contributed by atoms with Crippen molar-refractivity contribution in [2.24, 2.45) is 5.92 Å². The minimum atomic E-state index is -2.57. The van der Waals surface area contributed by atoms with E-state index >= 15 is 4.39 Å². The normalized spacial score (nSPS) is 18.1. The summed E-state index contributed by atoms with van der Waals surface area (Å²) in [7, 11) is 0. The molecule has 0 unspecified atom stereocenters. The molecule has 1 aliphatic carbocycles. The van der Waals surface area contributed by atoms with Crippen LogP contribution in [0, 0.1) is 18.7 Å². The number of halogens is 3. The van der Waals surface area contributed by atoms with Gasteiger partial charge in [0.05, 0.1) is 46.9 Å². The number of H-pyrrole nitrogens is 1. The van der Waals surface area contributed by atoms with E-state index in [9.17, 15) is 8.78 Å². The summed E-state index contributed by atoms with van der Waals surface area (Å²) >= 11 is 0. The number of hydrogen-bond donors (Lipinski definition) is 1. The zero-order valence-corrected chi connectivity index (χ0v) is 22.7. The maximum atomic E-state index is 15.4. The highest BCUT2D eigenvalue weighted by atomic mass is 19.3. The predicted molar refractivity (Wildman–Crippen MR) is 147 cm³/mol. The zero-order valence-electron chi connectivity index (χ0n) is 22.7. The van der Waals surface area contributed by atoms with Gasteiger partial charge in [0.15, 0.2) is 11.6 Å². The first-order valence-electron chi connectivity index (χ1n) is 13.4. The molecule has 1 N–H and O–H groups in total. The molecule has 1 aliphatic heterocycles. The highest BCUT2D eigenvalue weighted by molar-refractivity contribution is 5.94. The summed E-state index contributed by atoms with van der Waals surface area (Å²) in [4.78, 5) is 16.9. The lowest BCUT2D eigenvalue weighted by molar-refractivity contribution is -0.114. The number of aryl methyl sites for hydroxylation is 1. The van der Waals surface area contributed by atoms with Gasteiger partial charge in [0.2, 0.25) is 5.92 Å². The van der Waals surface area contributed by atoms with E-state index in [0.717, 1.165) is 5.57 Å².